The lowest BCUT2D eigenvalue weighted by Gasteiger charge is -2.40. The van der Waals surface area contributed by atoms with Crippen molar-refractivity contribution >= 4 is 55.8 Å². The fourth-order valence-corrected chi connectivity index (χ4v) is 6.98. The van der Waals surface area contributed by atoms with Crippen LogP contribution >= 0.6 is 10.8 Å². The van der Waals surface area contributed by atoms with Crippen molar-refractivity contribution < 1.29 is 41.7 Å². The first kappa shape index (κ1) is 28.4. The average Bonchev–Trinajstić information content (AvgIpc) is 2.82. The highest BCUT2D eigenvalue weighted by molar-refractivity contribution is 8.23. The molecule has 0 bridgehead atoms. The van der Waals surface area contributed by atoms with E-state index in [0.29, 0.717) is 31.2 Å². The predicted octanol–water partition coefficient (Wildman–Crippen LogP) is 4.99. The monoisotopic (exact) mass is 582 g/mol. The number of hydrogen-bond acceptors (Lipinski definition) is 9. The second kappa shape index (κ2) is 10.1. The molecule has 0 spiro atoms. The highest BCUT2D eigenvalue weighted by Crippen LogP contribution is 2.57. The standard InChI is InChI=1S/C24H27FN4O8S2/c1-3-9-24(10-4-2)16-7-5-13(25)11-15(16)20(30)19(21(24)31)22-26-17-8-6-14(12-18(17)38(34,35)28-22)27-39(36,37)29-23(32)33/h5-8,11-12,27,29-30,34-35H,3-4,9-10H2,1-2H3,(H,26,28)(H,32,33). The third kappa shape index (κ3) is 5.17. The molecule has 15 heteroatoms. The van der Waals surface area contributed by atoms with Crippen molar-refractivity contribution in [3.8, 4) is 0 Å². The van der Waals surface area contributed by atoms with Gasteiger partial charge in [-0.25, -0.2) is 13.9 Å². The first-order chi connectivity index (χ1) is 18.2. The maximum atomic E-state index is 14.3. The minimum atomic E-state index is -4.52. The fourth-order valence-electron chi connectivity index (χ4n) is 5.07. The number of hydrogen-bond donors (Lipinski definition) is 7. The lowest BCUT2D eigenvalue weighted by Crippen LogP contribution is -2.44. The van der Waals surface area contributed by atoms with Crippen LogP contribution in [0.3, 0.4) is 0 Å². The van der Waals surface area contributed by atoms with Gasteiger partial charge in [0.1, 0.15) is 22.0 Å². The van der Waals surface area contributed by atoms with Gasteiger partial charge in [0.2, 0.25) is 0 Å². The largest absolute Gasteiger partial charge is 0.506 e. The van der Waals surface area contributed by atoms with E-state index in [9.17, 15) is 36.6 Å². The number of benzene rings is 2. The number of ketones is 1. The number of halogens is 1. The van der Waals surface area contributed by atoms with Crippen molar-refractivity contribution in [2.75, 3.05) is 10.0 Å². The van der Waals surface area contributed by atoms with E-state index in [1.54, 1.807) is 0 Å². The summed E-state index contributed by atoms with van der Waals surface area (Å²) in [7, 11) is -8.58. The molecule has 0 saturated carbocycles. The van der Waals surface area contributed by atoms with Gasteiger partial charge < -0.3 is 15.5 Å². The molecule has 2 aromatic carbocycles. The molecular formula is C24H27FN4O8S2. The number of aliphatic hydroxyl groups is 1. The number of nitrogens with zero attached hydrogens (tertiary/aromatic N) is 1. The number of rotatable bonds is 8. The molecule has 0 radical (unpaired) electrons. The van der Waals surface area contributed by atoms with Crippen molar-refractivity contribution in [3.05, 3.63) is 58.9 Å². The highest BCUT2D eigenvalue weighted by Gasteiger charge is 2.48. The Morgan fingerprint density at radius 1 is 1.13 bits per heavy atom. The lowest BCUT2D eigenvalue weighted by molar-refractivity contribution is -0.121. The number of anilines is 2. The van der Waals surface area contributed by atoms with Gasteiger partial charge in [-0.15, -0.1) is 4.40 Å². The average molecular weight is 583 g/mol. The zero-order valence-electron chi connectivity index (χ0n) is 20.9. The fraction of sp³-hybridized carbons (Fsp3) is 0.292. The number of amidine groups is 1. The third-order valence-corrected chi connectivity index (χ3v) is 8.78. The Kier molecular flexibility index (Phi) is 7.37. The minimum Gasteiger partial charge on any atom is -0.506 e. The molecule has 0 fully saturated rings. The number of amides is 1. The van der Waals surface area contributed by atoms with Gasteiger partial charge in [-0.2, -0.15) is 8.42 Å². The van der Waals surface area contributed by atoms with Gasteiger partial charge in [0.05, 0.1) is 16.8 Å². The van der Waals surface area contributed by atoms with Crippen LogP contribution in [-0.4, -0.2) is 45.4 Å². The number of Topliss-reactive ketones (excluding diaryl/α,β-unsaturated/α-hetero) is 1. The topological polar surface area (TPSA) is 198 Å². The van der Waals surface area contributed by atoms with Gasteiger partial charge in [-0.3, -0.25) is 18.6 Å². The van der Waals surface area contributed by atoms with E-state index in [0.717, 1.165) is 12.1 Å². The van der Waals surface area contributed by atoms with E-state index in [-0.39, 0.29) is 33.2 Å². The van der Waals surface area contributed by atoms with E-state index in [4.69, 9.17) is 5.11 Å². The molecule has 0 atom stereocenters. The summed E-state index contributed by atoms with van der Waals surface area (Å²) in [6, 6.07) is 7.36. The summed E-state index contributed by atoms with van der Waals surface area (Å²) in [6.45, 7) is 3.79. The minimum absolute atomic E-state index is 0.0452. The smallest absolute Gasteiger partial charge is 0.419 e. The maximum Gasteiger partial charge on any atom is 0.419 e. The van der Waals surface area contributed by atoms with Crippen LogP contribution in [0.15, 0.2) is 51.3 Å². The van der Waals surface area contributed by atoms with E-state index in [1.165, 1.54) is 29.0 Å². The molecule has 1 aliphatic heterocycles. The van der Waals surface area contributed by atoms with Gasteiger partial charge in [0, 0.05) is 5.56 Å². The lowest BCUT2D eigenvalue weighted by atomic mass is 9.63. The Hall–Kier alpha value is -3.66. The summed E-state index contributed by atoms with van der Waals surface area (Å²) < 4.78 is 67.0. The van der Waals surface area contributed by atoms with Gasteiger partial charge in [-0.05, 0) is 48.7 Å². The molecule has 2 aliphatic rings. The van der Waals surface area contributed by atoms with Gasteiger partial charge in [-0.1, -0.05) is 43.5 Å². The summed E-state index contributed by atoms with van der Waals surface area (Å²) in [6.07, 6.45) is 0.162. The molecule has 39 heavy (non-hydrogen) atoms. The van der Waals surface area contributed by atoms with Gasteiger partial charge in [0.15, 0.2) is 11.6 Å². The molecule has 0 unspecified atom stereocenters. The summed E-state index contributed by atoms with van der Waals surface area (Å²) in [5.74, 6) is -2.03. The number of fused-ring (bicyclic) bond motifs is 2. The number of carbonyl (C=O) groups excluding carboxylic acids is 1. The van der Waals surface area contributed by atoms with E-state index >= 15 is 0 Å². The second-order valence-electron chi connectivity index (χ2n) is 9.13. The summed E-state index contributed by atoms with van der Waals surface area (Å²) in [4.78, 5) is 24.5. The first-order valence-electron chi connectivity index (χ1n) is 11.9. The maximum absolute atomic E-state index is 14.3. The zero-order valence-corrected chi connectivity index (χ0v) is 22.5. The Morgan fingerprint density at radius 2 is 1.79 bits per heavy atom. The first-order valence-corrected chi connectivity index (χ1v) is 14.8. The van der Waals surface area contributed by atoms with Crippen molar-refractivity contribution in [1.82, 2.24) is 4.72 Å². The molecule has 7 N–H and O–H groups in total. The molecule has 1 amide bonds. The van der Waals surface area contributed by atoms with Crippen molar-refractivity contribution in [2.24, 2.45) is 4.40 Å². The summed E-state index contributed by atoms with van der Waals surface area (Å²) in [5.41, 5.74) is -1.00. The van der Waals surface area contributed by atoms with Crippen molar-refractivity contribution in [3.63, 3.8) is 0 Å². The number of carboxylic acid groups (broad SMARTS) is 1. The molecule has 2 aromatic rings. The van der Waals surface area contributed by atoms with E-state index in [2.05, 4.69) is 9.71 Å². The Balaban J connectivity index is 1.83. The zero-order chi connectivity index (χ0) is 28.8. The SMILES string of the molecule is CCCC1(CCC)C(=O)C(C2=NS(O)(O)c3cc(NS(=O)(=O)NC(=O)O)ccc3N2)=C(O)c2cc(F)ccc21. The quantitative estimate of drug-likeness (QED) is 0.224. The molecule has 0 aromatic heterocycles. The molecular weight excluding hydrogens is 555 g/mol. The van der Waals surface area contributed by atoms with Crippen LogP contribution in [0.4, 0.5) is 20.6 Å². The second-order valence-corrected chi connectivity index (χ2v) is 12.2. The van der Waals surface area contributed by atoms with E-state index in [1.807, 2.05) is 18.6 Å². The van der Waals surface area contributed by atoms with Crippen LogP contribution in [0.1, 0.15) is 50.7 Å². The van der Waals surface area contributed by atoms with Crippen LogP contribution in [0.5, 0.6) is 0 Å². The number of carbonyl (C=O) groups is 2. The van der Waals surface area contributed by atoms with Crippen molar-refractivity contribution in [2.45, 2.75) is 49.8 Å². The van der Waals surface area contributed by atoms with Crippen LogP contribution < -0.4 is 14.8 Å². The summed E-state index contributed by atoms with van der Waals surface area (Å²) in [5, 5.41) is 22.7. The third-order valence-electron chi connectivity index (χ3n) is 6.46. The molecule has 12 nitrogen and oxygen atoms in total. The molecule has 4 rings (SSSR count). The Morgan fingerprint density at radius 3 is 2.41 bits per heavy atom. The molecule has 210 valence electrons. The van der Waals surface area contributed by atoms with Gasteiger partial charge >= 0.3 is 16.3 Å². The van der Waals surface area contributed by atoms with Crippen LogP contribution in [0.2, 0.25) is 0 Å². The van der Waals surface area contributed by atoms with Crippen LogP contribution in [0, 0.1) is 5.82 Å². The molecule has 1 aliphatic carbocycles. The van der Waals surface area contributed by atoms with Gasteiger partial charge in [0.25, 0.3) is 0 Å². The molecule has 0 saturated heterocycles. The van der Waals surface area contributed by atoms with Crippen molar-refractivity contribution in [1.29, 1.82) is 0 Å². The van der Waals surface area contributed by atoms with E-state index < -0.39 is 49.9 Å². The molecule has 1 heterocycles. The Bertz CT molecular complexity index is 1530. The summed E-state index contributed by atoms with van der Waals surface area (Å²) >= 11 is 0. The number of nitrogens with one attached hydrogen (secondary N) is 3. The normalized spacial score (nSPS) is 18.3. The Labute approximate surface area is 225 Å². The van der Waals surface area contributed by atoms with Crippen LogP contribution in [-0.2, 0) is 20.4 Å². The predicted molar refractivity (Wildman–Crippen MR) is 145 cm³/mol. The van der Waals surface area contributed by atoms with Crippen LogP contribution in [0.25, 0.3) is 5.76 Å². The highest BCUT2D eigenvalue weighted by atomic mass is 32.3. The number of aliphatic hydroxyl groups excluding tert-OH is 1.